The van der Waals surface area contributed by atoms with Crippen molar-refractivity contribution in [2.45, 2.75) is 37.2 Å². The molecule has 32 heavy (non-hydrogen) atoms. The topological polar surface area (TPSA) is 79.0 Å². The van der Waals surface area contributed by atoms with Crippen LogP contribution < -0.4 is 4.72 Å². The third-order valence-electron chi connectivity index (χ3n) is 6.20. The molecule has 0 radical (unpaired) electrons. The molecular weight excluding hydrogens is 426 g/mol. The van der Waals surface area contributed by atoms with E-state index in [0.29, 0.717) is 25.4 Å². The third-order valence-corrected chi connectivity index (χ3v) is 7.60. The van der Waals surface area contributed by atoms with Crippen molar-refractivity contribution < 1.29 is 17.9 Å². The van der Waals surface area contributed by atoms with Gasteiger partial charge in [-0.1, -0.05) is 30.3 Å². The van der Waals surface area contributed by atoms with Gasteiger partial charge in [0, 0.05) is 57.0 Å². The summed E-state index contributed by atoms with van der Waals surface area (Å²) in [6, 6.07) is 16.0. The monoisotopic (exact) mass is 457 g/mol. The van der Waals surface area contributed by atoms with Crippen molar-refractivity contribution in [3.8, 4) is 0 Å². The molecule has 4 rings (SSSR count). The molecule has 1 atom stereocenters. The summed E-state index contributed by atoms with van der Waals surface area (Å²) >= 11 is 0. The fourth-order valence-corrected chi connectivity index (χ4v) is 5.56. The van der Waals surface area contributed by atoms with Gasteiger partial charge in [0.05, 0.1) is 4.90 Å². The predicted octanol–water partition coefficient (Wildman–Crippen LogP) is 2.95. The fourth-order valence-electron chi connectivity index (χ4n) is 4.49. The van der Waals surface area contributed by atoms with Crippen LogP contribution in [0.3, 0.4) is 0 Å². The highest BCUT2D eigenvalue weighted by Crippen LogP contribution is 2.23. The summed E-state index contributed by atoms with van der Waals surface area (Å²) in [6.45, 7) is 6.49. The molecule has 0 bridgehead atoms. The van der Waals surface area contributed by atoms with Crippen LogP contribution in [0.15, 0.2) is 59.5 Å². The zero-order valence-corrected chi connectivity index (χ0v) is 19.3. The SMILES string of the molecule is CC1CN(Cc2cccc(NS(=O)(=O)c3ccccc3)c2)CCN1C(=O)C1CCOCC1. The first-order chi connectivity index (χ1) is 15.4. The summed E-state index contributed by atoms with van der Waals surface area (Å²) in [6.07, 6.45) is 1.63. The molecule has 1 N–H and O–H groups in total. The Labute approximate surface area is 190 Å². The van der Waals surface area contributed by atoms with Crippen molar-refractivity contribution in [2.75, 3.05) is 37.6 Å². The van der Waals surface area contributed by atoms with Crippen molar-refractivity contribution in [3.63, 3.8) is 0 Å². The van der Waals surface area contributed by atoms with E-state index in [4.69, 9.17) is 4.74 Å². The zero-order chi connectivity index (χ0) is 22.6. The Kier molecular flexibility index (Phi) is 7.13. The molecular formula is C24H31N3O4S. The lowest BCUT2D eigenvalue weighted by molar-refractivity contribution is -0.143. The number of piperazine rings is 1. The highest BCUT2D eigenvalue weighted by molar-refractivity contribution is 7.92. The van der Waals surface area contributed by atoms with Gasteiger partial charge in [0.25, 0.3) is 10.0 Å². The number of ether oxygens (including phenoxy) is 1. The molecule has 2 aromatic carbocycles. The molecule has 2 saturated heterocycles. The second kappa shape index (κ2) is 10.0. The molecule has 0 spiro atoms. The van der Waals surface area contributed by atoms with Crippen LogP contribution in [0.25, 0.3) is 0 Å². The van der Waals surface area contributed by atoms with Crippen LogP contribution in [0.1, 0.15) is 25.3 Å². The summed E-state index contributed by atoms with van der Waals surface area (Å²) < 4.78 is 33.3. The van der Waals surface area contributed by atoms with Crippen molar-refractivity contribution in [3.05, 3.63) is 60.2 Å². The van der Waals surface area contributed by atoms with E-state index < -0.39 is 10.0 Å². The first kappa shape index (κ1) is 22.8. The Morgan fingerprint density at radius 2 is 1.81 bits per heavy atom. The fraction of sp³-hybridized carbons (Fsp3) is 0.458. The highest BCUT2D eigenvalue weighted by Gasteiger charge is 2.32. The van der Waals surface area contributed by atoms with Crippen molar-refractivity contribution >= 4 is 21.6 Å². The second-order valence-corrected chi connectivity index (χ2v) is 10.3. The molecule has 2 aromatic rings. The van der Waals surface area contributed by atoms with E-state index in [1.807, 2.05) is 23.1 Å². The smallest absolute Gasteiger partial charge is 0.261 e. The minimum absolute atomic E-state index is 0.0899. The van der Waals surface area contributed by atoms with E-state index in [1.165, 1.54) is 0 Å². The maximum Gasteiger partial charge on any atom is 0.261 e. The molecule has 0 aromatic heterocycles. The molecule has 2 aliphatic rings. The lowest BCUT2D eigenvalue weighted by atomic mass is 9.97. The number of nitrogens with one attached hydrogen (secondary N) is 1. The minimum Gasteiger partial charge on any atom is -0.381 e. The summed E-state index contributed by atoms with van der Waals surface area (Å²) in [5.74, 6) is 0.352. The zero-order valence-electron chi connectivity index (χ0n) is 18.4. The van der Waals surface area contributed by atoms with Gasteiger partial charge in [0.15, 0.2) is 0 Å². The van der Waals surface area contributed by atoms with Crippen LogP contribution in [0.2, 0.25) is 0 Å². The highest BCUT2D eigenvalue weighted by atomic mass is 32.2. The van der Waals surface area contributed by atoms with E-state index in [2.05, 4.69) is 16.5 Å². The summed E-state index contributed by atoms with van der Waals surface area (Å²) in [7, 11) is -3.62. The van der Waals surface area contributed by atoms with E-state index in [9.17, 15) is 13.2 Å². The Bertz CT molecular complexity index is 1020. The number of hydrogen-bond acceptors (Lipinski definition) is 5. The number of anilines is 1. The van der Waals surface area contributed by atoms with Gasteiger partial charge in [0.1, 0.15) is 0 Å². The molecule has 2 aliphatic heterocycles. The Balaban J connectivity index is 1.36. The van der Waals surface area contributed by atoms with Crippen molar-refractivity contribution in [1.82, 2.24) is 9.80 Å². The van der Waals surface area contributed by atoms with Crippen LogP contribution in [0.5, 0.6) is 0 Å². The molecule has 8 heteroatoms. The van der Waals surface area contributed by atoms with Gasteiger partial charge in [-0.15, -0.1) is 0 Å². The molecule has 1 unspecified atom stereocenters. The lowest BCUT2D eigenvalue weighted by Crippen LogP contribution is -2.55. The van der Waals surface area contributed by atoms with Crippen LogP contribution in [-0.4, -0.2) is 63.0 Å². The maximum absolute atomic E-state index is 12.9. The Hall–Kier alpha value is -2.42. The number of sulfonamides is 1. The quantitative estimate of drug-likeness (QED) is 0.722. The molecule has 172 valence electrons. The number of nitrogens with zero attached hydrogens (tertiary/aromatic N) is 2. The van der Waals surface area contributed by atoms with Gasteiger partial charge in [-0.2, -0.15) is 0 Å². The molecule has 7 nitrogen and oxygen atoms in total. The largest absolute Gasteiger partial charge is 0.381 e. The first-order valence-corrected chi connectivity index (χ1v) is 12.7. The van der Waals surface area contributed by atoms with E-state index in [1.54, 1.807) is 36.4 Å². The maximum atomic E-state index is 12.9. The minimum atomic E-state index is -3.62. The average molecular weight is 458 g/mol. The van der Waals surface area contributed by atoms with E-state index in [-0.39, 0.29) is 22.8 Å². The number of rotatable bonds is 6. The molecule has 0 saturated carbocycles. The van der Waals surface area contributed by atoms with Crippen LogP contribution in [-0.2, 0) is 26.1 Å². The molecule has 0 aliphatic carbocycles. The van der Waals surface area contributed by atoms with Gasteiger partial charge in [-0.05, 0) is 49.6 Å². The van der Waals surface area contributed by atoms with Crippen molar-refractivity contribution in [1.29, 1.82) is 0 Å². The average Bonchev–Trinajstić information content (AvgIpc) is 2.80. The number of carbonyl (C=O) groups excluding carboxylic acids is 1. The van der Waals surface area contributed by atoms with Crippen LogP contribution in [0.4, 0.5) is 5.69 Å². The normalized spacial score (nSPS) is 20.8. The van der Waals surface area contributed by atoms with Gasteiger partial charge in [0.2, 0.25) is 5.91 Å². The Morgan fingerprint density at radius 1 is 1.06 bits per heavy atom. The number of amides is 1. The van der Waals surface area contributed by atoms with Crippen LogP contribution >= 0.6 is 0 Å². The lowest BCUT2D eigenvalue weighted by Gasteiger charge is -2.41. The summed E-state index contributed by atoms with van der Waals surface area (Å²) in [5, 5.41) is 0. The number of carbonyl (C=O) groups is 1. The molecule has 2 fully saturated rings. The van der Waals surface area contributed by atoms with Gasteiger partial charge >= 0.3 is 0 Å². The van der Waals surface area contributed by atoms with Gasteiger partial charge < -0.3 is 9.64 Å². The first-order valence-electron chi connectivity index (χ1n) is 11.2. The second-order valence-electron chi connectivity index (χ2n) is 8.62. The number of hydrogen-bond donors (Lipinski definition) is 1. The van der Waals surface area contributed by atoms with Gasteiger partial charge in [-0.3, -0.25) is 14.4 Å². The summed E-state index contributed by atoms with van der Waals surface area (Å²) in [5.41, 5.74) is 1.59. The standard InChI is InChI=1S/C24H31N3O4S/c1-19-17-26(12-13-27(19)24(28)21-10-14-31-15-11-21)18-20-6-5-7-22(16-20)25-32(29,30)23-8-3-2-4-9-23/h2-9,16,19,21,25H,10-15,17-18H2,1H3. The molecule has 1 amide bonds. The predicted molar refractivity (Wildman–Crippen MR) is 124 cm³/mol. The number of benzene rings is 2. The van der Waals surface area contributed by atoms with E-state index in [0.717, 1.165) is 38.0 Å². The van der Waals surface area contributed by atoms with E-state index >= 15 is 0 Å². The Morgan fingerprint density at radius 3 is 2.53 bits per heavy atom. The summed E-state index contributed by atoms with van der Waals surface area (Å²) in [4.78, 5) is 17.5. The van der Waals surface area contributed by atoms with Gasteiger partial charge in [-0.25, -0.2) is 8.42 Å². The third kappa shape index (κ3) is 5.49. The van der Waals surface area contributed by atoms with Crippen LogP contribution in [0, 0.1) is 5.92 Å². The molecule has 2 heterocycles. The van der Waals surface area contributed by atoms with Crippen molar-refractivity contribution in [2.24, 2.45) is 5.92 Å².